The van der Waals surface area contributed by atoms with Crippen LogP contribution in [0.2, 0.25) is 0 Å². The number of para-hydroxylation sites is 1. The van der Waals surface area contributed by atoms with E-state index in [4.69, 9.17) is 9.84 Å². The first-order valence-corrected chi connectivity index (χ1v) is 11.6. The summed E-state index contributed by atoms with van der Waals surface area (Å²) < 4.78 is 5.19. The van der Waals surface area contributed by atoms with Gasteiger partial charge >= 0.3 is 12.1 Å². The Morgan fingerprint density at radius 1 is 1.00 bits per heavy atom. The number of ketones is 1. The lowest BCUT2D eigenvalue weighted by molar-refractivity contribution is -0.143. The number of hydrogen-bond acceptors (Lipinski definition) is 6. The molecule has 0 bridgehead atoms. The van der Waals surface area contributed by atoms with E-state index in [1.807, 2.05) is 6.07 Å². The van der Waals surface area contributed by atoms with Crippen LogP contribution in [0.4, 0.5) is 10.5 Å². The van der Waals surface area contributed by atoms with Gasteiger partial charge in [0.1, 0.15) is 11.6 Å². The van der Waals surface area contributed by atoms with Gasteiger partial charge in [0.05, 0.1) is 5.92 Å². The molecule has 2 heterocycles. The summed E-state index contributed by atoms with van der Waals surface area (Å²) in [7, 11) is 0. The second-order valence-electron chi connectivity index (χ2n) is 8.45. The number of likely N-dealkylation sites (tertiary alicyclic amines) is 1. The fraction of sp³-hybridized carbons (Fsp3) is 0.259. The van der Waals surface area contributed by atoms with Crippen molar-refractivity contribution < 1.29 is 24.2 Å². The average Bonchev–Trinajstić information content (AvgIpc) is 2.88. The Bertz CT molecular complexity index is 1160. The van der Waals surface area contributed by atoms with Crippen LogP contribution in [0.15, 0.2) is 83.5 Å². The molecule has 2 aromatic rings. The number of nitrogens with zero attached hydrogens (tertiary/aromatic N) is 2. The quantitative estimate of drug-likeness (QED) is 0.456. The van der Waals surface area contributed by atoms with Crippen molar-refractivity contribution in [3.8, 4) is 5.75 Å². The summed E-state index contributed by atoms with van der Waals surface area (Å²) in [5, 5.41) is 11.8. The van der Waals surface area contributed by atoms with Crippen molar-refractivity contribution in [1.82, 2.24) is 4.90 Å². The van der Waals surface area contributed by atoms with Gasteiger partial charge in [0.15, 0.2) is 5.78 Å². The third-order valence-electron chi connectivity index (χ3n) is 6.04. The Kier molecular flexibility index (Phi) is 7.72. The van der Waals surface area contributed by atoms with Gasteiger partial charge in [-0.15, -0.1) is 0 Å². The highest BCUT2D eigenvalue weighted by atomic mass is 16.6. The molecule has 4 rings (SSSR count). The summed E-state index contributed by atoms with van der Waals surface area (Å²) in [5.41, 5.74) is 1.99. The zero-order chi connectivity index (χ0) is 24.6. The summed E-state index contributed by atoms with van der Waals surface area (Å²) in [5.74, 6) is 0.298. The van der Waals surface area contributed by atoms with E-state index in [-0.39, 0.29) is 11.7 Å². The molecular weight excluding hydrogens is 446 g/mol. The number of carboxylic acids is 1. The number of ether oxygens (including phenoxy) is 1. The monoisotopic (exact) mass is 473 g/mol. The number of aliphatic carboxylic acids is 1. The summed E-state index contributed by atoms with van der Waals surface area (Å²) in [6.45, 7) is 1.42. The zero-order valence-corrected chi connectivity index (χ0v) is 19.2. The number of nitrogens with one attached hydrogen (secondary N) is 1. The second-order valence-corrected chi connectivity index (χ2v) is 8.45. The van der Waals surface area contributed by atoms with Crippen LogP contribution in [0.5, 0.6) is 5.75 Å². The number of piperidine rings is 1. The number of carbonyl (C=O) groups excluding carboxylic acids is 2. The van der Waals surface area contributed by atoms with Crippen LogP contribution in [-0.4, -0.2) is 46.8 Å². The number of allylic oxidation sites excluding steroid dienone is 3. The van der Waals surface area contributed by atoms with Gasteiger partial charge < -0.3 is 14.7 Å². The van der Waals surface area contributed by atoms with E-state index < -0.39 is 12.1 Å². The van der Waals surface area contributed by atoms with Crippen molar-refractivity contribution >= 4 is 29.4 Å². The van der Waals surface area contributed by atoms with Crippen molar-refractivity contribution in [3.63, 3.8) is 0 Å². The Hall–Kier alpha value is -4.20. The van der Waals surface area contributed by atoms with Gasteiger partial charge in [0.2, 0.25) is 0 Å². The third kappa shape index (κ3) is 6.66. The van der Waals surface area contributed by atoms with Gasteiger partial charge in [0, 0.05) is 37.0 Å². The molecule has 2 aliphatic heterocycles. The molecule has 0 spiro atoms. The van der Waals surface area contributed by atoms with E-state index >= 15 is 0 Å². The topological polar surface area (TPSA) is 108 Å². The maximum atomic E-state index is 12.5. The maximum Gasteiger partial charge on any atom is 0.417 e. The largest absolute Gasteiger partial charge is 0.481 e. The van der Waals surface area contributed by atoms with Crippen molar-refractivity contribution in [2.75, 3.05) is 18.4 Å². The molecule has 1 saturated heterocycles. The maximum absolute atomic E-state index is 12.5. The van der Waals surface area contributed by atoms with Crippen LogP contribution in [-0.2, 0) is 4.79 Å². The SMILES string of the molecule is O=C(Nc1ccc(C(=O)C=CC2=CN=C(N3CCC(C(=O)O)CC3)CC2)cc1)Oc1ccccc1. The molecule has 0 saturated carbocycles. The molecule has 2 N–H and O–H groups in total. The van der Waals surface area contributed by atoms with Crippen molar-refractivity contribution in [2.24, 2.45) is 10.9 Å². The highest BCUT2D eigenvalue weighted by Gasteiger charge is 2.26. The fourth-order valence-electron chi connectivity index (χ4n) is 4.03. The Morgan fingerprint density at radius 2 is 1.71 bits per heavy atom. The lowest BCUT2D eigenvalue weighted by atomic mass is 9.96. The summed E-state index contributed by atoms with van der Waals surface area (Å²) in [4.78, 5) is 42.3. The van der Waals surface area contributed by atoms with Gasteiger partial charge in [-0.2, -0.15) is 0 Å². The molecular formula is C27H27N3O5. The first-order valence-electron chi connectivity index (χ1n) is 11.6. The van der Waals surface area contributed by atoms with E-state index in [2.05, 4.69) is 15.2 Å². The van der Waals surface area contributed by atoms with Gasteiger partial charge in [-0.3, -0.25) is 14.9 Å². The van der Waals surface area contributed by atoms with Gasteiger partial charge in [-0.05, 0) is 67.3 Å². The van der Waals surface area contributed by atoms with Crippen molar-refractivity contribution in [1.29, 1.82) is 0 Å². The predicted molar refractivity (Wildman–Crippen MR) is 133 cm³/mol. The van der Waals surface area contributed by atoms with Crippen LogP contribution in [0.3, 0.4) is 0 Å². The van der Waals surface area contributed by atoms with Crippen LogP contribution in [0.25, 0.3) is 0 Å². The number of benzene rings is 2. The van der Waals surface area contributed by atoms with Crippen LogP contribution >= 0.6 is 0 Å². The number of anilines is 1. The molecule has 8 heteroatoms. The van der Waals surface area contributed by atoms with Gasteiger partial charge in [-0.1, -0.05) is 24.3 Å². The molecule has 35 heavy (non-hydrogen) atoms. The molecule has 180 valence electrons. The predicted octanol–water partition coefficient (Wildman–Crippen LogP) is 4.91. The smallest absolute Gasteiger partial charge is 0.417 e. The molecule has 0 radical (unpaired) electrons. The number of hydrogen-bond donors (Lipinski definition) is 2. The fourth-order valence-corrected chi connectivity index (χ4v) is 4.03. The molecule has 0 aromatic heterocycles. The minimum atomic E-state index is -0.719. The van der Waals surface area contributed by atoms with Crippen LogP contribution in [0.1, 0.15) is 36.0 Å². The highest BCUT2D eigenvalue weighted by Crippen LogP contribution is 2.22. The minimum absolute atomic E-state index is 0.144. The first-order chi connectivity index (χ1) is 17.0. The molecule has 1 fully saturated rings. The molecule has 0 unspecified atom stereocenters. The van der Waals surface area contributed by atoms with Gasteiger partial charge in [-0.25, -0.2) is 9.79 Å². The average molecular weight is 474 g/mol. The Morgan fingerprint density at radius 3 is 2.34 bits per heavy atom. The number of carboxylic acid groups (broad SMARTS) is 1. The van der Waals surface area contributed by atoms with E-state index in [0.29, 0.717) is 42.9 Å². The number of carbonyl (C=O) groups is 3. The molecule has 8 nitrogen and oxygen atoms in total. The molecule has 1 amide bonds. The summed E-state index contributed by atoms with van der Waals surface area (Å²) >= 11 is 0. The minimum Gasteiger partial charge on any atom is -0.481 e. The molecule has 2 aliphatic rings. The molecule has 0 atom stereocenters. The van der Waals surface area contributed by atoms with Crippen LogP contribution < -0.4 is 10.1 Å². The number of rotatable bonds is 6. The van der Waals surface area contributed by atoms with Crippen LogP contribution in [0, 0.1) is 5.92 Å². The van der Waals surface area contributed by atoms with E-state index in [1.54, 1.807) is 60.8 Å². The number of aliphatic imine (C=N–C) groups is 1. The number of amides is 1. The Labute approximate surface area is 203 Å². The van der Waals surface area contributed by atoms with Gasteiger partial charge in [0.25, 0.3) is 0 Å². The lowest BCUT2D eigenvalue weighted by Crippen LogP contribution is -2.40. The Balaban J connectivity index is 1.28. The van der Waals surface area contributed by atoms with E-state index in [9.17, 15) is 14.4 Å². The first kappa shape index (κ1) is 23.9. The van der Waals surface area contributed by atoms with E-state index in [0.717, 1.165) is 24.3 Å². The van der Waals surface area contributed by atoms with E-state index in [1.165, 1.54) is 6.08 Å². The van der Waals surface area contributed by atoms with Crippen molar-refractivity contribution in [2.45, 2.75) is 25.7 Å². The number of amidine groups is 1. The normalized spacial score (nSPS) is 16.4. The lowest BCUT2D eigenvalue weighted by Gasteiger charge is -2.33. The van der Waals surface area contributed by atoms with Crippen molar-refractivity contribution in [3.05, 3.63) is 84.1 Å². The summed E-state index contributed by atoms with van der Waals surface area (Å²) in [6, 6.07) is 15.4. The molecule has 0 aliphatic carbocycles. The third-order valence-corrected chi connectivity index (χ3v) is 6.04. The second kappa shape index (κ2) is 11.3. The summed E-state index contributed by atoms with van der Waals surface area (Å²) in [6.07, 6.45) is 7.29. The highest BCUT2D eigenvalue weighted by molar-refractivity contribution is 6.05. The zero-order valence-electron chi connectivity index (χ0n) is 19.2. The standard InChI is InChI=1S/C27H27N3O5/c31-24(20-8-10-22(11-9-20)29-27(34)35-23-4-2-1-3-5-23)12-6-19-7-13-25(28-18-19)30-16-14-21(15-17-30)26(32)33/h1-6,8-12,18,21H,7,13-17H2,(H,29,34)(H,32,33). The molecule has 2 aromatic carbocycles.